The predicted octanol–water partition coefficient (Wildman–Crippen LogP) is 2.90. The van der Waals surface area contributed by atoms with E-state index in [1.54, 1.807) is 0 Å². The summed E-state index contributed by atoms with van der Waals surface area (Å²) in [7, 11) is 0. The molecule has 0 rings (SSSR count). The number of nitrogens with one attached hydrogen (secondary N) is 3. The van der Waals surface area contributed by atoms with Crippen LogP contribution in [0.2, 0.25) is 0 Å². The van der Waals surface area contributed by atoms with Crippen molar-refractivity contribution in [3.8, 4) is 0 Å². The lowest BCUT2D eigenvalue weighted by Gasteiger charge is -2.15. The van der Waals surface area contributed by atoms with Crippen LogP contribution in [0.15, 0.2) is 4.99 Å². The van der Waals surface area contributed by atoms with Crippen LogP contribution < -0.4 is 16.0 Å². The van der Waals surface area contributed by atoms with E-state index in [9.17, 15) is 4.79 Å². The van der Waals surface area contributed by atoms with Gasteiger partial charge in [0.05, 0.1) is 0 Å². The van der Waals surface area contributed by atoms with E-state index in [1.165, 1.54) is 0 Å². The zero-order valence-electron chi connectivity index (χ0n) is 14.9. The summed E-state index contributed by atoms with van der Waals surface area (Å²) in [4.78, 5) is 16.3. The summed E-state index contributed by atoms with van der Waals surface area (Å²) in [6.45, 7) is 12.8. The first-order valence-corrected chi connectivity index (χ1v) is 8.38. The molecule has 1 atom stereocenters. The maximum atomic E-state index is 11.7. The third-order valence-corrected chi connectivity index (χ3v) is 3.67. The normalized spacial score (nSPS) is 12.5. The van der Waals surface area contributed by atoms with Gasteiger partial charge in [0, 0.05) is 32.1 Å². The number of nitrogens with zero attached hydrogens (tertiary/aromatic N) is 1. The molecule has 0 heterocycles. The molecule has 0 aliphatic carbocycles. The van der Waals surface area contributed by atoms with Crippen LogP contribution in [0.25, 0.3) is 0 Å². The Morgan fingerprint density at radius 3 is 2.18 bits per heavy atom. The molecule has 0 aromatic heterocycles. The molecule has 0 saturated heterocycles. The number of hydrogen-bond donors (Lipinski definition) is 3. The Balaban J connectivity index is 0. The lowest BCUT2D eigenvalue weighted by atomic mass is 10.0. The molecule has 1 amide bonds. The van der Waals surface area contributed by atoms with Crippen molar-refractivity contribution in [1.29, 1.82) is 0 Å². The van der Waals surface area contributed by atoms with Crippen LogP contribution in [0.4, 0.5) is 0 Å². The van der Waals surface area contributed by atoms with Crippen LogP contribution in [-0.4, -0.2) is 37.5 Å². The average Bonchev–Trinajstić information content (AvgIpc) is 2.47. The van der Waals surface area contributed by atoms with Gasteiger partial charge in [-0.1, -0.05) is 33.6 Å². The highest BCUT2D eigenvalue weighted by atomic mass is 127. The molecule has 0 aromatic carbocycles. The first-order valence-electron chi connectivity index (χ1n) is 8.38. The quantitative estimate of drug-likeness (QED) is 0.286. The summed E-state index contributed by atoms with van der Waals surface area (Å²) in [6.07, 6.45) is 3.73. The van der Waals surface area contributed by atoms with Gasteiger partial charge in [0.1, 0.15) is 0 Å². The fraction of sp³-hybridized carbons (Fsp3) is 0.875. The molecule has 0 aliphatic rings. The predicted molar refractivity (Wildman–Crippen MR) is 106 cm³/mol. The summed E-state index contributed by atoms with van der Waals surface area (Å²) in [5.74, 6) is 1.53. The van der Waals surface area contributed by atoms with E-state index < -0.39 is 0 Å². The molecule has 3 N–H and O–H groups in total. The minimum absolute atomic E-state index is 0. The van der Waals surface area contributed by atoms with Gasteiger partial charge in [0.15, 0.2) is 5.96 Å². The van der Waals surface area contributed by atoms with Gasteiger partial charge in [-0.25, -0.2) is 0 Å². The number of guanidine groups is 1. The highest BCUT2D eigenvalue weighted by Gasteiger charge is 2.06. The van der Waals surface area contributed by atoms with Gasteiger partial charge in [0.2, 0.25) is 5.91 Å². The summed E-state index contributed by atoms with van der Waals surface area (Å²) < 4.78 is 0. The Morgan fingerprint density at radius 2 is 1.68 bits per heavy atom. The summed E-state index contributed by atoms with van der Waals surface area (Å²) in [6, 6.07) is 0.245. The Hall–Kier alpha value is -0.530. The number of carbonyl (C=O) groups excluding carboxylic acids is 1. The lowest BCUT2D eigenvalue weighted by molar-refractivity contribution is -0.121. The third-order valence-electron chi connectivity index (χ3n) is 3.67. The van der Waals surface area contributed by atoms with Gasteiger partial charge >= 0.3 is 0 Å². The van der Waals surface area contributed by atoms with E-state index in [0.717, 1.165) is 38.3 Å². The van der Waals surface area contributed by atoms with Crippen molar-refractivity contribution in [2.24, 2.45) is 10.9 Å². The van der Waals surface area contributed by atoms with Crippen molar-refractivity contribution < 1.29 is 4.79 Å². The second kappa shape index (κ2) is 15.4. The maximum absolute atomic E-state index is 11.7. The fourth-order valence-corrected chi connectivity index (χ4v) is 1.85. The summed E-state index contributed by atoms with van der Waals surface area (Å²) in [5, 5.41) is 9.41. The molecule has 0 bridgehead atoms. The largest absolute Gasteiger partial charge is 0.357 e. The zero-order valence-corrected chi connectivity index (χ0v) is 17.2. The van der Waals surface area contributed by atoms with Crippen LogP contribution >= 0.6 is 24.0 Å². The smallest absolute Gasteiger partial charge is 0.221 e. The van der Waals surface area contributed by atoms with Crippen molar-refractivity contribution in [2.75, 3.05) is 19.6 Å². The molecule has 5 nitrogen and oxygen atoms in total. The van der Waals surface area contributed by atoms with Crippen LogP contribution in [-0.2, 0) is 4.79 Å². The minimum atomic E-state index is 0. The molecule has 6 heteroatoms. The molecular formula is C16H35IN4O. The number of aliphatic imine (C=N–C) groups is 1. The molecular weight excluding hydrogens is 391 g/mol. The Bertz CT molecular complexity index is 307. The second-order valence-corrected chi connectivity index (χ2v) is 5.46. The van der Waals surface area contributed by atoms with E-state index in [1.807, 2.05) is 13.8 Å². The van der Waals surface area contributed by atoms with Crippen LogP contribution in [0.5, 0.6) is 0 Å². The minimum Gasteiger partial charge on any atom is -0.357 e. The van der Waals surface area contributed by atoms with Crippen molar-refractivity contribution in [2.45, 2.75) is 66.3 Å². The van der Waals surface area contributed by atoms with Crippen molar-refractivity contribution in [3.05, 3.63) is 0 Å². The first-order chi connectivity index (χ1) is 10.1. The molecule has 1 unspecified atom stereocenters. The number of amides is 1. The number of hydrogen-bond acceptors (Lipinski definition) is 2. The van der Waals surface area contributed by atoms with Gasteiger partial charge in [0.25, 0.3) is 0 Å². The fourth-order valence-electron chi connectivity index (χ4n) is 1.85. The Kier molecular flexibility index (Phi) is 16.6. The number of rotatable bonds is 10. The first kappa shape index (κ1) is 23.7. The van der Waals surface area contributed by atoms with E-state index in [2.05, 4.69) is 41.7 Å². The van der Waals surface area contributed by atoms with E-state index >= 15 is 0 Å². The molecule has 0 radical (unpaired) electrons. The molecule has 22 heavy (non-hydrogen) atoms. The Labute approximate surface area is 153 Å². The second-order valence-electron chi connectivity index (χ2n) is 5.46. The number of halogens is 1. The molecule has 0 fully saturated rings. The Morgan fingerprint density at radius 1 is 1.05 bits per heavy atom. The standard InChI is InChI=1S/C16H34N4O.HI/c1-6-13(5)20-15(21)10-11-18-16(17-9-4)19-12-14(7-2)8-3;/h13-14H,6-12H2,1-5H3,(H,20,21)(H2,17,18,19);1H. The van der Waals surface area contributed by atoms with Crippen LogP contribution in [0.3, 0.4) is 0 Å². The van der Waals surface area contributed by atoms with Gasteiger partial charge in [-0.05, 0) is 26.2 Å². The molecule has 0 spiro atoms. The lowest BCUT2D eigenvalue weighted by Crippen LogP contribution is -2.40. The average molecular weight is 426 g/mol. The summed E-state index contributed by atoms with van der Waals surface area (Å²) >= 11 is 0. The van der Waals surface area contributed by atoms with Gasteiger partial charge in [-0.2, -0.15) is 0 Å². The van der Waals surface area contributed by atoms with Crippen LogP contribution in [0.1, 0.15) is 60.3 Å². The zero-order chi connectivity index (χ0) is 16.1. The summed E-state index contributed by atoms with van der Waals surface area (Å²) in [5.41, 5.74) is 0. The van der Waals surface area contributed by atoms with E-state index in [0.29, 0.717) is 18.9 Å². The number of carbonyl (C=O) groups is 1. The van der Waals surface area contributed by atoms with E-state index in [-0.39, 0.29) is 35.9 Å². The van der Waals surface area contributed by atoms with Crippen LogP contribution in [0, 0.1) is 5.92 Å². The third kappa shape index (κ3) is 12.1. The molecule has 0 saturated carbocycles. The van der Waals surface area contributed by atoms with Gasteiger partial charge < -0.3 is 16.0 Å². The maximum Gasteiger partial charge on any atom is 0.221 e. The topological polar surface area (TPSA) is 65.5 Å². The van der Waals surface area contributed by atoms with Crippen molar-refractivity contribution >= 4 is 35.8 Å². The van der Waals surface area contributed by atoms with E-state index in [4.69, 9.17) is 0 Å². The molecule has 132 valence electrons. The monoisotopic (exact) mass is 426 g/mol. The van der Waals surface area contributed by atoms with Gasteiger partial charge in [-0.3, -0.25) is 9.79 Å². The highest BCUT2D eigenvalue weighted by Crippen LogP contribution is 2.06. The van der Waals surface area contributed by atoms with Crippen molar-refractivity contribution in [3.63, 3.8) is 0 Å². The van der Waals surface area contributed by atoms with Gasteiger partial charge in [-0.15, -0.1) is 24.0 Å². The highest BCUT2D eigenvalue weighted by molar-refractivity contribution is 14.0. The molecule has 0 aliphatic heterocycles. The van der Waals surface area contributed by atoms with Crippen molar-refractivity contribution in [1.82, 2.24) is 16.0 Å². The molecule has 0 aromatic rings. The SMILES string of the molecule is CCNC(=NCC(CC)CC)NCCC(=O)NC(C)CC.I.